The molecule has 1 aliphatic rings. The van der Waals surface area contributed by atoms with Gasteiger partial charge in [-0.05, 0) is 24.6 Å². The second kappa shape index (κ2) is 10.7. The summed E-state index contributed by atoms with van der Waals surface area (Å²) in [6.45, 7) is 5.51. The van der Waals surface area contributed by atoms with Crippen molar-refractivity contribution in [2.45, 2.75) is 25.6 Å². The zero-order valence-electron chi connectivity index (χ0n) is 15.4. The highest BCUT2D eigenvalue weighted by Crippen LogP contribution is 2.24. The minimum atomic E-state index is -4.19. The molecule has 1 aromatic carbocycles. The molecule has 1 heterocycles. The van der Waals surface area contributed by atoms with E-state index in [2.05, 4.69) is 20.5 Å². The summed E-state index contributed by atoms with van der Waals surface area (Å²) in [4.78, 5) is 6.79. The van der Waals surface area contributed by atoms with Gasteiger partial charge in [0.25, 0.3) is 0 Å². The fraction of sp³-hybridized carbons (Fsp3) is 0.611. The number of rotatable bonds is 7. The van der Waals surface area contributed by atoms with E-state index in [4.69, 9.17) is 16.3 Å². The molecule has 1 saturated heterocycles. The van der Waals surface area contributed by atoms with E-state index in [1.165, 1.54) is 0 Å². The summed E-state index contributed by atoms with van der Waals surface area (Å²) >= 11 is 5.99. The van der Waals surface area contributed by atoms with Gasteiger partial charge in [0, 0.05) is 31.2 Å². The lowest BCUT2D eigenvalue weighted by atomic mass is 10.0. The zero-order valence-corrected chi connectivity index (χ0v) is 16.1. The average Bonchev–Trinajstić information content (AvgIpc) is 2.63. The number of ether oxygens (including phenoxy) is 1. The number of nitrogens with zero attached hydrogens (tertiary/aromatic N) is 2. The molecule has 0 radical (unpaired) electrons. The van der Waals surface area contributed by atoms with E-state index in [0.29, 0.717) is 37.3 Å². The molecule has 0 aliphatic carbocycles. The van der Waals surface area contributed by atoms with Crippen molar-refractivity contribution in [3.8, 4) is 0 Å². The zero-order chi connectivity index (χ0) is 19.7. The van der Waals surface area contributed by atoms with Gasteiger partial charge < -0.3 is 15.4 Å². The van der Waals surface area contributed by atoms with Crippen molar-refractivity contribution in [2.24, 2.45) is 4.99 Å². The Bertz CT molecular complexity index is 589. The maximum absolute atomic E-state index is 12.4. The van der Waals surface area contributed by atoms with Crippen molar-refractivity contribution in [1.29, 1.82) is 0 Å². The van der Waals surface area contributed by atoms with E-state index >= 15 is 0 Å². The van der Waals surface area contributed by atoms with Crippen LogP contribution >= 0.6 is 11.6 Å². The molecule has 1 aliphatic heterocycles. The van der Waals surface area contributed by atoms with Gasteiger partial charge in [-0.3, -0.25) is 9.89 Å². The highest BCUT2D eigenvalue weighted by Gasteiger charge is 2.26. The fourth-order valence-electron chi connectivity index (χ4n) is 2.85. The molecule has 2 N–H and O–H groups in total. The second-order valence-corrected chi connectivity index (χ2v) is 6.66. The topological polar surface area (TPSA) is 48.9 Å². The quantitative estimate of drug-likeness (QED) is 0.539. The summed E-state index contributed by atoms with van der Waals surface area (Å²) in [5, 5.41) is 6.40. The molecule has 0 saturated carbocycles. The summed E-state index contributed by atoms with van der Waals surface area (Å²) < 4.78 is 42.5. The molecule has 1 atom stereocenters. The molecule has 0 bridgehead atoms. The lowest BCUT2D eigenvalue weighted by Gasteiger charge is -2.34. The molecule has 27 heavy (non-hydrogen) atoms. The van der Waals surface area contributed by atoms with Gasteiger partial charge in [0.1, 0.15) is 0 Å². The number of nitrogens with one attached hydrogen (secondary N) is 2. The molecule has 1 fully saturated rings. The SMILES string of the molecule is CCNC(=NCC(c1ccc(Cl)cc1)N1CCOCC1)NCCC(F)(F)F. The third kappa shape index (κ3) is 7.94. The van der Waals surface area contributed by atoms with Crippen LogP contribution in [-0.4, -0.2) is 63.0 Å². The molecule has 0 spiro atoms. The standard InChI is InChI=1S/C18H26ClF3N4O/c1-2-23-17(24-8-7-18(20,21)22)25-13-16(26-9-11-27-12-10-26)14-3-5-15(19)6-4-14/h3-6,16H,2,7-13H2,1H3,(H2,23,24,25). The Kier molecular flexibility index (Phi) is 8.66. The molecule has 0 aromatic heterocycles. The van der Waals surface area contributed by atoms with Crippen LogP contribution < -0.4 is 10.6 Å². The Morgan fingerprint density at radius 3 is 2.48 bits per heavy atom. The lowest BCUT2D eigenvalue weighted by molar-refractivity contribution is -0.132. The van der Waals surface area contributed by atoms with E-state index in [-0.39, 0.29) is 12.6 Å². The maximum atomic E-state index is 12.4. The minimum absolute atomic E-state index is 0.00392. The smallest absolute Gasteiger partial charge is 0.379 e. The summed E-state index contributed by atoms with van der Waals surface area (Å²) in [5.74, 6) is 0.383. The Morgan fingerprint density at radius 2 is 1.89 bits per heavy atom. The predicted molar refractivity (Wildman–Crippen MR) is 101 cm³/mol. The van der Waals surface area contributed by atoms with Crippen LogP contribution in [0.1, 0.15) is 24.9 Å². The van der Waals surface area contributed by atoms with Crippen LogP contribution in [-0.2, 0) is 4.74 Å². The summed E-state index contributed by atoms with van der Waals surface area (Å²) in [6, 6.07) is 7.59. The second-order valence-electron chi connectivity index (χ2n) is 6.23. The monoisotopic (exact) mass is 406 g/mol. The number of halogens is 4. The first kappa shape index (κ1) is 21.8. The van der Waals surface area contributed by atoms with Crippen LogP contribution in [0.2, 0.25) is 5.02 Å². The fourth-order valence-corrected chi connectivity index (χ4v) is 2.97. The predicted octanol–water partition coefficient (Wildman–Crippen LogP) is 3.22. The van der Waals surface area contributed by atoms with E-state index in [0.717, 1.165) is 18.7 Å². The molecule has 1 aromatic rings. The van der Waals surface area contributed by atoms with Crippen molar-refractivity contribution < 1.29 is 17.9 Å². The third-order valence-corrected chi connectivity index (χ3v) is 4.46. The van der Waals surface area contributed by atoms with Crippen molar-refractivity contribution in [2.75, 3.05) is 45.9 Å². The normalized spacial score (nSPS) is 17.6. The molecule has 0 amide bonds. The Labute approximate surface area is 162 Å². The number of aliphatic imine (C=N–C) groups is 1. The number of hydrogen-bond acceptors (Lipinski definition) is 3. The molecular formula is C18H26ClF3N4O. The first-order chi connectivity index (χ1) is 12.9. The highest BCUT2D eigenvalue weighted by atomic mass is 35.5. The number of hydrogen-bond donors (Lipinski definition) is 2. The van der Waals surface area contributed by atoms with E-state index < -0.39 is 12.6 Å². The van der Waals surface area contributed by atoms with Gasteiger partial charge >= 0.3 is 6.18 Å². The highest BCUT2D eigenvalue weighted by molar-refractivity contribution is 6.30. The van der Waals surface area contributed by atoms with Crippen molar-refractivity contribution in [3.63, 3.8) is 0 Å². The number of guanidine groups is 1. The summed E-state index contributed by atoms with van der Waals surface area (Å²) in [6.07, 6.45) is -5.09. The van der Waals surface area contributed by atoms with Crippen LogP contribution in [0.25, 0.3) is 0 Å². The van der Waals surface area contributed by atoms with Crippen LogP contribution in [0.5, 0.6) is 0 Å². The number of morpholine rings is 1. The van der Waals surface area contributed by atoms with Crippen molar-refractivity contribution in [1.82, 2.24) is 15.5 Å². The van der Waals surface area contributed by atoms with Gasteiger partial charge in [-0.1, -0.05) is 23.7 Å². The first-order valence-corrected chi connectivity index (χ1v) is 9.43. The lowest BCUT2D eigenvalue weighted by Crippen LogP contribution is -2.42. The van der Waals surface area contributed by atoms with Gasteiger partial charge in [0.15, 0.2) is 5.96 Å². The minimum Gasteiger partial charge on any atom is -0.379 e. The molecule has 5 nitrogen and oxygen atoms in total. The molecule has 2 rings (SSSR count). The number of alkyl halides is 3. The van der Waals surface area contributed by atoms with Crippen LogP contribution in [0.15, 0.2) is 29.3 Å². The maximum Gasteiger partial charge on any atom is 0.390 e. The summed E-state index contributed by atoms with van der Waals surface area (Å²) in [7, 11) is 0. The first-order valence-electron chi connectivity index (χ1n) is 9.05. The van der Waals surface area contributed by atoms with Crippen molar-refractivity contribution in [3.05, 3.63) is 34.9 Å². The van der Waals surface area contributed by atoms with Crippen LogP contribution in [0, 0.1) is 0 Å². The number of benzene rings is 1. The molecular weight excluding hydrogens is 381 g/mol. The van der Waals surface area contributed by atoms with Gasteiger partial charge in [0.2, 0.25) is 0 Å². The van der Waals surface area contributed by atoms with E-state index in [1.54, 1.807) is 0 Å². The van der Waals surface area contributed by atoms with Gasteiger partial charge in [-0.25, -0.2) is 0 Å². The van der Waals surface area contributed by atoms with Gasteiger partial charge in [0.05, 0.1) is 32.2 Å². The van der Waals surface area contributed by atoms with Gasteiger partial charge in [-0.15, -0.1) is 0 Å². The van der Waals surface area contributed by atoms with Crippen LogP contribution in [0.4, 0.5) is 13.2 Å². The van der Waals surface area contributed by atoms with E-state index in [1.807, 2.05) is 31.2 Å². The van der Waals surface area contributed by atoms with Crippen LogP contribution in [0.3, 0.4) is 0 Å². The van der Waals surface area contributed by atoms with Gasteiger partial charge in [-0.2, -0.15) is 13.2 Å². The largest absolute Gasteiger partial charge is 0.390 e. The van der Waals surface area contributed by atoms with Crippen molar-refractivity contribution >= 4 is 17.6 Å². The molecule has 1 unspecified atom stereocenters. The Balaban J connectivity index is 2.08. The molecule has 152 valence electrons. The Hall–Kier alpha value is -1.51. The third-order valence-electron chi connectivity index (χ3n) is 4.21. The molecule has 9 heteroatoms. The summed E-state index contributed by atoms with van der Waals surface area (Å²) in [5.41, 5.74) is 1.07. The average molecular weight is 407 g/mol. The Morgan fingerprint density at radius 1 is 1.22 bits per heavy atom. The van der Waals surface area contributed by atoms with E-state index in [9.17, 15) is 13.2 Å².